The van der Waals surface area contributed by atoms with Gasteiger partial charge in [0, 0.05) is 64.0 Å². The first-order valence-corrected chi connectivity index (χ1v) is 32.0. The minimum atomic E-state index is 0.548. The molecule has 0 atom stereocenters. The number of aromatic nitrogens is 8. The molecule has 93 heavy (non-hydrogen) atoms. The first-order chi connectivity index (χ1) is 46.0. The number of hydrogen-bond donors (Lipinski definition) is 0. The lowest BCUT2D eigenvalue weighted by Gasteiger charge is -2.13. The van der Waals surface area contributed by atoms with E-state index in [1.54, 1.807) is 11.3 Å². The van der Waals surface area contributed by atoms with E-state index in [1.165, 1.54) is 25.6 Å². The zero-order valence-corrected chi connectivity index (χ0v) is 50.7. The van der Waals surface area contributed by atoms with Gasteiger partial charge in [-0.1, -0.05) is 243 Å². The zero-order valence-electron chi connectivity index (χ0n) is 49.9. The van der Waals surface area contributed by atoms with Crippen LogP contribution in [-0.2, 0) is 0 Å². The van der Waals surface area contributed by atoms with Crippen LogP contribution in [0.4, 0.5) is 0 Å². The fourth-order valence-electron chi connectivity index (χ4n) is 13.8. The van der Waals surface area contributed by atoms with Gasteiger partial charge in [-0.2, -0.15) is 19.9 Å². The summed E-state index contributed by atoms with van der Waals surface area (Å²) >= 11 is 1.79. The number of hydrogen-bond acceptors (Lipinski definition) is 7. The predicted octanol–water partition coefficient (Wildman–Crippen LogP) is 21.7. The monoisotopic (exact) mass is 1200 g/mol. The van der Waals surface area contributed by atoms with E-state index in [0.717, 1.165) is 126 Å². The molecule has 5 aromatic heterocycles. The predicted molar refractivity (Wildman–Crippen MR) is 385 cm³/mol. The van der Waals surface area contributed by atoms with Gasteiger partial charge < -0.3 is 0 Å². The van der Waals surface area contributed by atoms with Gasteiger partial charge in [0.05, 0.1) is 22.1 Å². The molecule has 0 saturated heterocycles. The molecule has 0 spiro atoms. The second-order valence-electron chi connectivity index (χ2n) is 23.9. The van der Waals surface area contributed by atoms with Gasteiger partial charge in [0.15, 0.2) is 23.3 Å². The smallest absolute Gasteiger partial charge is 0.238 e. The Kier molecular flexibility index (Phi) is 12.0. The van der Waals surface area contributed by atoms with E-state index in [9.17, 15) is 0 Å². The molecule has 0 amide bonds. The number of thiophene rings is 1. The highest BCUT2D eigenvalue weighted by molar-refractivity contribution is 7.25. The summed E-state index contributed by atoms with van der Waals surface area (Å²) in [7, 11) is 0. The minimum Gasteiger partial charge on any atom is -0.278 e. The Morgan fingerprint density at radius 1 is 0.204 bits per heavy atom. The van der Waals surface area contributed by atoms with Gasteiger partial charge in [-0.15, -0.1) is 11.3 Å². The lowest BCUT2D eigenvalue weighted by Crippen LogP contribution is -2.06. The SMILES string of the molecule is c1ccc(-c2ccc(-c3nc(-c4ccc5c(c4)sc4ccccc45)nc(-n4c5ccc(-c6ccc(-c7cccc(-c8nc(-c9cccc%10ccccc9%10)nc(-n9c%10ccccc%10c%10cc%11ccccc%11cc%109)n8)c7)cc6)cc5c5cc6ccccc6cc54)n3)cc2)cc1. The van der Waals surface area contributed by atoms with Crippen LogP contribution in [0.15, 0.2) is 303 Å². The van der Waals surface area contributed by atoms with Gasteiger partial charge in [-0.05, 0) is 126 Å². The molecule has 19 rings (SSSR count). The summed E-state index contributed by atoms with van der Waals surface area (Å²) in [6.07, 6.45) is 0. The quantitative estimate of drug-likeness (QED) is 0.143. The van der Waals surface area contributed by atoms with Crippen molar-refractivity contribution in [3.05, 3.63) is 303 Å². The van der Waals surface area contributed by atoms with Gasteiger partial charge in [-0.3, -0.25) is 9.13 Å². The number of nitrogens with zero attached hydrogens (tertiary/aromatic N) is 8. The van der Waals surface area contributed by atoms with E-state index >= 15 is 0 Å². The molecule has 0 unspecified atom stereocenters. The first-order valence-electron chi connectivity index (χ1n) is 31.2. The number of fused-ring (bicyclic) bond motifs is 12. The number of benzene rings is 14. The normalized spacial score (nSPS) is 11.9. The van der Waals surface area contributed by atoms with Crippen molar-refractivity contribution >= 4 is 107 Å². The highest BCUT2D eigenvalue weighted by Gasteiger charge is 2.23. The molecule has 5 heterocycles. The highest BCUT2D eigenvalue weighted by atomic mass is 32.1. The maximum atomic E-state index is 5.43. The Morgan fingerprint density at radius 2 is 0.624 bits per heavy atom. The molecular formula is C84H50N8S. The van der Waals surface area contributed by atoms with E-state index in [2.05, 4.69) is 306 Å². The third kappa shape index (κ3) is 8.89. The molecule has 8 nitrogen and oxygen atoms in total. The van der Waals surface area contributed by atoms with Crippen LogP contribution in [0.25, 0.3) is 187 Å². The summed E-state index contributed by atoms with van der Waals surface area (Å²) in [5, 5.41) is 13.8. The molecule has 0 bridgehead atoms. The van der Waals surface area contributed by atoms with Crippen molar-refractivity contribution in [3.8, 4) is 90.8 Å². The molecule has 0 saturated carbocycles. The van der Waals surface area contributed by atoms with Gasteiger partial charge in [-0.25, -0.2) is 9.97 Å². The summed E-state index contributed by atoms with van der Waals surface area (Å²) in [6.45, 7) is 0. The third-order valence-electron chi connectivity index (χ3n) is 18.4. The molecule has 14 aromatic carbocycles. The summed E-state index contributed by atoms with van der Waals surface area (Å²) < 4.78 is 6.88. The van der Waals surface area contributed by atoms with Crippen LogP contribution in [-0.4, -0.2) is 39.0 Å². The van der Waals surface area contributed by atoms with Crippen molar-refractivity contribution in [2.45, 2.75) is 0 Å². The molecule has 0 aliphatic carbocycles. The van der Waals surface area contributed by atoms with Crippen LogP contribution in [0.3, 0.4) is 0 Å². The van der Waals surface area contributed by atoms with Crippen molar-refractivity contribution < 1.29 is 0 Å². The molecule has 432 valence electrons. The third-order valence-corrected chi connectivity index (χ3v) is 19.5. The van der Waals surface area contributed by atoms with Crippen molar-refractivity contribution in [2.24, 2.45) is 0 Å². The van der Waals surface area contributed by atoms with Crippen LogP contribution in [0.2, 0.25) is 0 Å². The molecule has 0 fully saturated rings. The largest absolute Gasteiger partial charge is 0.278 e. The average Bonchev–Trinajstić information content (AvgIpc) is 1.63. The van der Waals surface area contributed by atoms with Crippen LogP contribution in [0.5, 0.6) is 0 Å². The maximum Gasteiger partial charge on any atom is 0.238 e. The Labute approximate surface area is 537 Å². The van der Waals surface area contributed by atoms with E-state index in [4.69, 9.17) is 29.9 Å². The Hall–Kier alpha value is -12.3. The Morgan fingerprint density at radius 3 is 1.32 bits per heavy atom. The molecular weight excluding hydrogens is 1150 g/mol. The van der Waals surface area contributed by atoms with Gasteiger partial charge in [0.25, 0.3) is 0 Å². The van der Waals surface area contributed by atoms with Crippen LogP contribution in [0.1, 0.15) is 0 Å². The standard InChI is InChI=1S/C84H50N8S/c1-2-16-51(17-3-1)52-36-38-56(39-37-52)79-85-81(64-40-42-68-67-28-11-13-31-77(67)93-78(68)50-64)89-83(87-79)92-74-43-41-62(47-71(74)72-46-59-20-5-7-22-61(59)49-76(72)92)54-34-32-53(33-35-54)57-24-14-25-63(44-57)80-86-82(69-29-15-23-55-18-8-9-26-65(55)69)90-84(88-80)91-73-30-12-10-27-66(73)70-45-58-19-4-6-21-60(58)48-75(70)91/h1-50H. The molecule has 9 heteroatoms. The first kappa shape index (κ1) is 52.6. The Balaban J connectivity index is 0.722. The fourth-order valence-corrected chi connectivity index (χ4v) is 15.0. The van der Waals surface area contributed by atoms with Crippen molar-refractivity contribution in [2.75, 3.05) is 0 Å². The lowest BCUT2D eigenvalue weighted by atomic mass is 9.98. The van der Waals surface area contributed by atoms with Crippen molar-refractivity contribution in [1.82, 2.24) is 39.0 Å². The molecule has 0 N–H and O–H groups in total. The van der Waals surface area contributed by atoms with E-state index in [-0.39, 0.29) is 0 Å². The Bertz CT molecular complexity index is 6240. The summed E-state index contributed by atoms with van der Waals surface area (Å²) in [5.74, 6) is 3.50. The average molecular weight is 1200 g/mol. The minimum absolute atomic E-state index is 0.548. The van der Waals surface area contributed by atoms with Crippen LogP contribution >= 0.6 is 11.3 Å². The van der Waals surface area contributed by atoms with Gasteiger partial charge in [0.1, 0.15) is 0 Å². The molecule has 0 radical (unpaired) electrons. The highest BCUT2D eigenvalue weighted by Crippen LogP contribution is 2.42. The van der Waals surface area contributed by atoms with Crippen LogP contribution in [0, 0.1) is 0 Å². The lowest BCUT2D eigenvalue weighted by molar-refractivity contribution is 0.954. The number of rotatable bonds is 9. The summed E-state index contributed by atoms with van der Waals surface area (Å²) in [6, 6.07) is 108. The summed E-state index contributed by atoms with van der Waals surface area (Å²) in [5.41, 5.74) is 14.3. The molecule has 0 aliphatic heterocycles. The van der Waals surface area contributed by atoms with Gasteiger partial charge in [0.2, 0.25) is 11.9 Å². The summed E-state index contributed by atoms with van der Waals surface area (Å²) in [4.78, 5) is 32.2. The van der Waals surface area contributed by atoms with Crippen LogP contribution < -0.4 is 0 Å². The second kappa shape index (κ2) is 21.2. The van der Waals surface area contributed by atoms with E-state index < -0.39 is 0 Å². The fraction of sp³-hybridized carbons (Fsp3) is 0. The van der Waals surface area contributed by atoms with E-state index in [0.29, 0.717) is 35.2 Å². The maximum absolute atomic E-state index is 5.43. The van der Waals surface area contributed by atoms with Gasteiger partial charge >= 0.3 is 0 Å². The zero-order chi connectivity index (χ0) is 61.1. The second-order valence-corrected chi connectivity index (χ2v) is 24.9. The van der Waals surface area contributed by atoms with E-state index in [1.807, 2.05) is 6.07 Å². The molecule has 19 aromatic rings. The topological polar surface area (TPSA) is 87.2 Å². The molecule has 0 aliphatic rings. The van der Waals surface area contributed by atoms with Crippen molar-refractivity contribution in [1.29, 1.82) is 0 Å². The number of para-hydroxylation sites is 1. The van der Waals surface area contributed by atoms with Crippen molar-refractivity contribution in [3.63, 3.8) is 0 Å².